The summed E-state index contributed by atoms with van der Waals surface area (Å²) in [5.74, 6) is 0.413. The van der Waals surface area contributed by atoms with Gasteiger partial charge in [0.25, 0.3) is 0 Å². The number of nitrogens with one attached hydrogen (secondary N) is 1. The quantitative estimate of drug-likeness (QED) is 0.613. The number of rotatable bonds is 7. The van der Waals surface area contributed by atoms with E-state index in [1.165, 1.54) is 0 Å². The monoisotopic (exact) mass is 183 g/mol. The van der Waals surface area contributed by atoms with Gasteiger partial charge < -0.3 is 5.32 Å². The molecule has 0 aliphatic rings. The van der Waals surface area contributed by atoms with E-state index in [9.17, 15) is 4.79 Å². The molecule has 76 valence electrons. The van der Waals surface area contributed by atoms with Crippen LogP contribution in [0.4, 0.5) is 0 Å². The topological polar surface area (TPSA) is 29.1 Å². The first-order valence-corrected chi connectivity index (χ1v) is 5.01. The maximum absolute atomic E-state index is 11.5. The van der Waals surface area contributed by atoms with Gasteiger partial charge >= 0.3 is 0 Å². The summed E-state index contributed by atoms with van der Waals surface area (Å²) < 4.78 is 0. The van der Waals surface area contributed by atoms with E-state index in [0.29, 0.717) is 12.2 Å². The molecular weight excluding hydrogens is 162 g/mol. The van der Waals surface area contributed by atoms with E-state index < -0.39 is 0 Å². The minimum absolute atomic E-state index is 0.114. The van der Waals surface area contributed by atoms with Crippen LogP contribution in [0.5, 0.6) is 0 Å². The summed E-state index contributed by atoms with van der Waals surface area (Å²) in [6.07, 6.45) is 1.45. The zero-order valence-electron chi connectivity index (χ0n) is 9.02. The lowest BCUT2D eigenvalue weighted by Gasteiger charge is -2.10. The summed E-state index contributed by atoms with van der Waals surface area (Å²) in [4.78, 5) is 11.5. The molecule has 0 saturated heterocycles. The van der Waals surface area contributed by atoms with Gasteiger partial charge in [-0.3, -0.25) is 4.79 Å². The number of hydrogen-bond acceptors (Lipinski definition) is 2. The van der Waals surface area contributed by atoms with Crippen molar-refractivity contribution in [1.82, 2.24) is 5.32 Å². The summed E-state index contributed by atoms with van der Waals surface area (Å²) in [6, 6.07) is 0. The second-order valence-corrected chi connectivity index (χ2v) is 3.46. The number of carbonyl (C=O) groups excluding carboxylic acids is 1. The molecule has 0 aliphatic heterocycles. The van der Waals surface area contributed by atoms with Crippen molar-refractivity contribution in [3.63, 3.8) is 0 Å². The van der Waals surface area contributed by atoms with Crippen LogP contribution in [0.1, 0.15) is 33.6 Å². The third-order valence-electron chi connectivity index (χ3n) is 2.17. The van der Waals surface area contributed by atoms with Crippen LogP contribution in [0.3, 0.4) is 0 Å². The van der Waals surface area contributed by atoms with E-state index in [1.54, 1.807) is 0 Å². The minimum atomic E-state index is 0.114. The minimum Gasteiger partial charge on any atom is -0.316 e. The fourth-order valence-electron chi connectivity index (χ4n) is 1.02. The van der Waals surface area contributed by atoms with Crippen LogP contribution < -0.4 is 5.32 Å². The Labute approximate surface area is 81.4 Å². The van der Waals surface area contributed by atoms with Crippen LogP contribution in [-0.4, -0.2) is 18.9 Å². The van der Waals surface area contributed by atoms with Gasteiger partial charge in [0.2, 0.25) is 0 Å². The first-order valence-electron chi connectivity index (χ1n) is 5.01. The van der Waals surface area contributed by atoms with E-state index in [0.717, 1.165) is 25.1 Å². The first kappa shape index (κ1) is 12.4. The summed E-state index contributed by atoms with van der Waals surface area (Å²) in [5, 5.41) is 3.17. The summed E-state index contributed by atoms with van der Waals surface area (Å²) >= 11 is 0. The maximum atomic E-state index is 11.5. The Bertz CT molecular complexity index is 175. The number of carbonyl (C=O) groups is 1. The molecule has 0 bridgehead atoms. The molecule has 0 amide bonds. The Morgan fingerprint density at radius 3 is 2.54 bits per heavy atom. The molecule has 1 unspecified atom stereocenters. The Kier molecular flexibility index (Phi) is 6.51. The fourth-order valence-corrected chi connectivity index (χ4v) is 1.02. The Morgan fingerprint density at radius 1 is 1.46 bits per heavy atom. The van der Waals surface area contributed by atoms with Crippen LogP contribution in [0.15, 0.2) is 12.2 Å². The lowest BCUT2D eigenvalue weighted by molar-refractivity contribution is -0.121. The van der Waals surface area contributed by atoms with Gasteiger partial charge in [0, 0.05) is 18.9 Å². The molecule has 0 aromatic rings. The zero-order chi connectivity index (χ0) is 10.3. The Morgan fingerprint density at radius 2 is 2.08 bits per heavy atom. The van der Waals surface area contributed by atoms with Crippen molar-refractivity contribution in [3.05, 3.63) is 12.2 Å². The Balaban J connectivity index is 3.75. The van der Waals surface area contributed by atoms with Crippen LogP contribution in [0.25, 0.3) is 0 Å². The van der Waals surface area contributed by atoms with Crippen LogP contribution in [0.2, 0.25) is 0 Å². The summed E-state index contributed by atoms with van der Waals surface area (Å²) in [5.41, 5.74) is 1.04. The molecule has 2 heteroatoms. The van der Waals surface area contributed by atoms with Crippen molar-refractivity contribution in [2.45, 2.75) is 33.6 Å². The lowest BCUT2D eigenvalue weighted by Crippen LogP contribution is -2.26. The van der Waals surface area contributed by atoms with E-state index in [-0.39, 0.29) is 5.92 Å². The highest BCUT2D eigenvalue weighted by atomic mass is 16.1. The maximum Gasteiger partial charge on any atom is 0.140 e. The number of ketones is 1. The second-order valence-electron chi connectivity index (χ2n) is 3.46. The smallest absolute Gasteiger partial charge is 0.140 e. The van der Waals surface area contributed by atoms with Crippen molar-refractivity contribution in [3.8, 4) is 0 Å². The van der Waals surface area contributed by atoms with Gasteiger partial charge in [-0.05, 0) is 13.0 Å². The largest absolute Gasteiger partial charge is 0.316 e. The van der Waals surface area contributed by atoms with E-state index in [1.807, 2.05) is 20.8 Å². The van der Waals surface area contributed by atoms with Crippen LogP contribution >= 0.6 is 0 Å². The third kappa shape index (κ3) is 5.58. The molecular formula is C11H21NO. The molecule has 0 saturated carbocycles. The van der Waals surface area contributed by atoms with E-state index in [2.05, 4.69) is 11.9 Å². The standard InChI is InChI=1S/C11H21NO/c1-5-9(3)7-11(13)10(4)8-12-6-2/h10,12H,3,5-8H2,1-2,4H3. The molecule has 0 fully saturated rings. The Hall–Kier alpha value is -0.630. The van der Waals surface area contributed by atoms with E-state index in [4.69, 9.17) is 0 Å². The summed E-state index contributed by atoms with van der Waals surface area (Å²) in [7, 11) is 0. The average molecular weight is 183 g/mol. The normalized spacial score (nSPS) is 12.5. The zero-order valence-corrected chi connectivity index (χ0v) is 9.02. The van der Waals surface area contributed by atoms with Crippen molar-refractivity contribution < 1.29 is 4.79 Å². The molecule has 0 aromatic heterocycles. The van der Waals surface area contributed by atoms with E-state index >= 15 is 0 Å². The predicted molar refractivity (Wildman–Crippen MR) is 56.8 cm³/mol. The van der Waals surface area contributed by atoms with Crippen molar-refractivity contribution in [1.29, 1.82) is 0 Å². The van der Waals surface area contributed by atoms with Crippen molar-refractivity contribution in [2.75, 3.05) is 13.1 Å². The number of hydrogen-bond donors (Lipinski definition) is 1. The lowest BCUT2D eigenvalue weighted by atomic mass is 9.99. The SMILES string of the molecule is C=C(CC)CC(=O)C(C)CNCC. The average Bonchev–Trinajstić information content (AvgIpc) is 2.13. The van der Waals surface area contributed by atoms with Crippen LogP contribution in [-0.2, 0) is 4.79 Å². The predicted octanol–water partition coefficient (Wildman–Crippen LogP) is 2.16. The van der Waals surface area contributed by atoms with Gasteiger partial charge in [0.05, 0.1) is 0 Å². The molecule has 2 nitrogen and oxygen atoms in total. The third-order valence-corrected chi connectivity index (χ3v) is 2.17. The number of allylic oxidation sites excluding steroid dienone is 1. The van der Waals surface area contributed by atoms with Gasteiger partial charge in [-0.25, -0.2) is 0 Å². The molecule has 0 spiro atoms. The van der Waals surface area contributed by atoms with Gasteiger partial charge in [0.15, 0.2) is 0 Å². The molecule has 0 aliphatic carbocycles. The van der Waals surface area contributed by atoms with Gasteiger partial charge in [-0.15, -0.1) is 0 Å². The highest BCUT2D eigenvalue weighted by molar-refractivity contribution is 5.82. The molecule has 1 atom stereocenters. The second kappa shape index (κ2) is 6.84. The van der Waals surface area contributed by atoms with Crippen LogP contribution in [0, 0.1) is 5.92 Å². The molecule has 0 rings (SSSR count). The van der Waals surface area contributed by atoms with Gasteiger partial charge in [-0.1, -0.05) is 32.9 Å². The van der Waals surface area contributed by atoms with Gasteiger partial charge in [-0.2, -0.15) is 0 Å². The number of Topliss-reactive ketones (excluding diaryl/α,β-unsaturated/α-hetero) is 1. The fraction of sp³-hybridized carbons (Fsp3) is 0.727. The molecule has 1 N–H and O–H groups in total. The molecule has 0 aromatic carbocycles. The molecule has 0 radical (unpaired) electrons. The van der Waals surface area contributed by atoms with Crippen molar-refractivity contribution in [2.24, 2.45) is 5.92 Å². The van der Waals surface area contributed by atoms with Gasteiger partial charge in [0.1, 0.15) is 5.78 Å². The summed E-state index contributed by atoms with van der Waals surface area (Å²) in [6.45, 7) is 11.6. The van der Waals surface area contributed by atoms with Crippen molar-refractivity contribution >= 4 is 5.78 Å². The highest BCUT2D eigenvalue weighted by Gasteiger charge is 2.12. The highest BCUT2D eigenvalue weighted by Crippen LogP contribution is 2.08. The molecule has 13 heavy (non-hydrogen) atoms. The molecule has 0 heterocycles. The first-order chi connectivity index (χ1) is 6.11.